The molecular formula is C21H25F13O4. The van der Waals surface area contributed by atoms with Gasteiger partial charge in [-0.15, -0.1) is 0 Å². The fourth-order valence-electron chi connectivity index (χ4n) is 5.06. The van der Waals surface area contributed by atoms with Crippen LogP contribution < -0.4 is 0 Å². The number of alkyl halides is 13. The first-order valence-corrected chi connectivity index (χ1v) is 11.4. The van der Waals surface area contributed by atoms with Crippen LogP contribution in [0.25, 0.3) is 0 Å². The maximum atomic E-state index is 16.1. The molecule has 0 radical (unpaired) electrons. The Kier molecular flexibility index (Phi) is 7.97. The number of ether oxygens (including phenoxy) is 2. The quantitative estimate of drug-likeness (QED) is 0.275. The molecule has 0 bridgehead atoms. The van der Waals surface area contributed by atoms with Crippen molar-refractivity contribution >= 4 is 5.97 Å². The number of rotatable bonds is 5. The van der Waals surface area contributed by atoms with Gasteiger partial charge in [0.1, 0.15) is 0 Å². The first-order chi connectivity index (χ1) is 16.8. The van der Waals surface area contributed by atoms with E-state index in [0.29, 0.717) is 6.92 Å². The molecule has 2 rings (SSSR count). The van der Waals surface area contributed by atoms with E-state index in [1.165, 1.54) is 0 Å². The van der Waals surface area contributed by atoms with Crippen molar-refractivity contribution in [1.82, 2.24) is 0 Å². The molecule has 1 saturated heterocycles. The van der Waals surface area contributed by atoms with Crippen molar-refractivity contribution in [2.45, 2.75) is 113 Å². The lowest BCUT2D eigenvalue weighted by Crippen LogP contribution is -2.89. The van der Waals surface area contributed by atoms with Crippen LogP contribution in [0, 0.1) is 11.3 Å². The lowest BCUT2D eigenvalue weighted by molar-refractivity contribution is -0.565. The molecule has 1 aliphatic heterocycles. The summed E-state index contributed by atoms with van der Waals surface area (Å²) in [7, 11) is 0. The standard InChI is InChI=1S/C21H25F13O4/c1-4-13(3,19(26,27)28)12(35)37-14(5-2)16(22,23)15(20(29,30)31,11-9-7-6-8-10-11)38-18(36,17(14,24)25)21(32,33)34/h11,36H,4-10H2,1-3H3. The van der Waals surface area contributed by atoms with Crippen molar-refractivity contribution in [3.05, 3.63) is 0 Å². The fraction of sp³-hybridized carbons (Fsp3) is 0.952. The summed E-state index contributed by atoms with van der Waals surface area (Å²) in [5, 5.41) is 10.1. The van der Waals surface area contributed by atoms with Gasteiger partial charge in [0.05, 0.1) is 0 Å². The summed E-state index contributed by atoms with van der Waals surface area (Å²) in [6, 6.07) is 0. The van der Waals surface area contributed by atoms with Gasteiger partial charge in [-0.3, -0.25) is 4.79 Å². The smallest absolute Gasteiger partial charge is 0.445 e. The second-order valence-electron chi connectivity index (χ2n) is 9.71. The third kappa shape index (κ3) is 3.99. The number of carbonyl (C=O) groups excluding carboxylic acids is 1. The number of aliphatic hydroxyl groups is 1. The molecule has 4 atom stereocenters. The fourth-order valence-corrected chi connectivity index (χ4v) is 5.06. The number of hydrogen-bond acceptors (Lipinski definition) is 4. The van der Waals surface area contributed by atoms with Crippen LogP contribution in [0.1, 0.15) is 65.7 Å². The van der Waals surface area contributed by atoms with Gasteiger partial charge in [-0.05, 0) is 32.6 Å². The maximum absolute atomic E-state index is 16.1. The van der Waals surface area contributed by atoms with E-state index in [-0.39, 0.29) is 33.1 Å². The second kappa shape index (κ2) is 9.26. The zero-order chi connectivity index (χ0) is 30.0. The van der Waals surface area contributed by atoms with Crippen molar-refractivity contribution in [2.24, 2.45) is 11.3 Å². The molecule has 1 N–H and O–H groups in total. The molecular weight excluding hydrogens is 563 g/mol. The Morgan fingerprint density at radius 1 is 0.868 bits per heavy atom. The Bertz CT molecular complexity index is 893. The van der Waals surface area contributed by atoms with Crippen LogP contribution >= 0.6 is 0 Å². The zero-order valence-corrected chi connectivity index (χ0v) is 20.1. The van der Waals surface area contributed by atoms with E-state index in [0.717, 1.165) is 0 Å². The highest BCUT2D eigenvalue weighted by atomic mass is 19.4. The molecule has 0 amide bonds. The van der Waals surface area contributed by atoms with Crippen molar-refractivity contribution in [2.75, 3.05) is 0 Å². The first kappa shape index (κ1) is 32.7. The third-order valence-corrected chi connectivity index (χ3v) is 7.75. The molecule has 0 aromatic heterocycles. The molecule has 1 heterocycles. The molecule has 0 aromatic rings. The maximum Gasteiger partial charge on any atom is 0.449 e. The topological polar surface area (TPSA) is 55.8 Å². The minimum atomic E-state index is -6.93. The highest BCUT2D eigenvalue weighted by molar-refractivity contribution is 5.78. The molecule has 17 heteroatoms. The van der Waals surface area contributed by atoms with Crippen LogP contribution in [0.5, 0.6) is 0 Å². The summed E-state index contributed by atoms with van der Waals surface area (Å²) in [4.78, 5) is 12.6. The number of halogens is 13. The van der Waals surface area contributed by atoms with Gasteiger partial charge >= 0.3 is 42.1 Å². The van der Waals surface area contributed by atoms with Gasteiger partial charge in [-0.25, -0.2) is 0 Å². The molecule has 0 spiro atoms. The van der Waals surface area contributed by atoms with E-state index in [2.05, 4.69) is 9.47 Å². The monoisotopic (exact) mass is 588 g/mol. The SMILES string of the molecule is CCC(C)(C(=O)OC1(CC)C(F)(F)C(O)(C(F)(F)F)OC(C2CCCCC2)(C(F)(F)F)C1(F)F)C(F)(F)F. The van der Waals surface area contributed by atoms with Gasteiger partial charge in [0.25, 0.3) is 0 Å². The summed E-state index contributed by atoms with van der Waals surface area (Å²) in [5.41, 5.74) is -15.0. The Hall–Kier alpha value is -1.52. The second-order valence-corrected chi connectivity index (χ2v) is 9.71. The van der Waals surface area contributed by atoms with Crippen LogP contribution in [-0.4, -0.2) is 58.4 Å². The zero-order valence-electron chi connectivity index (χ0n) is 20.1. The Morgan fingerprint density at radius 2 is 1.34 bits per heavy atom. The molecule has 4 unspecified atom stereocenters. The van der Waals surface area contributed by atoms with E-state index in [9.17, 15) is 49.4 Å². The van der Waals surface area contributed by atoms with Crippen LogP contribution in [0.2, 0.25) is 0 Å². The molecule has 2 aliphatic rings. The van der Waals surface area contributed by atoms with E-state index in [1.54, 1.807) is 0 Å². The molecule has 1 aliphatic carbocycles. The molecule has 224 valence electrons. The molecule has 1 saturated carbocycles. The largest absolute Gasteiger partial charge is 0.449 e. The molecule has 0 aromatic carbocycles. The van der Waals surface area contributed by atoms with Gasteiger partial charge in [0.2, 0.25) is 11.2 Å². The van der Waals surface area contributed by atoms with Crippen molar-refractivity contribution in [3.8, 4) is 0 Å². The molecule has 2 fully saturated rings. The molecule has 4 nitrogen and oxygen atoms in total. The third-order valence-electron chi connectivity index (χ3n) is 7.75. The summed E-state index contributed by atoms with van der Waals surface area (Å²) in [5.74, 6) is -25.0. The Morgan fingerprint density at radius 3 is 1.68 bits per heavy atom. The Balaban J connectivity index is 3.05. The van der Waals surface area contributed by atoms with Gasteiger partial charge in [0.15, 0.2) is 5.41 Å². The minimum absolute atomic E-state index is 0.0115. The van der Waals surface area contributed by atoms with Gasteiger partial charge < -0.3 is 14.6 Å². The van der Waals surface area contributed by atoms with Crippen LogP contribution in [-0.2, 0) is 14.3 Å². The number of hydrogen-bond donors (Lipinski definition) is 1. The average molecular weight is 588 g/mol. The van der Waals surface area contributed by atoms with E-state index >= 15 is 17.6 Å². The highest BCUT2D eigenvalue weighted by Crippen LogP contribution is 2.70. The summed E-state index contributed by atoms with van der Waals surface area (Å²) >= 11 is 0. The Labute approximate surface area is 207 Å². The van der Waals surface area contributed by atoms with E-state index in [1.807, 2.05) is 0 Å². The van der Waals surface area contributed by atoms with Crippen LogP contribution in [0.3, 0.4) is 0 Å². The van der Waals surface area contributed by atoms with Crippen LogP contribution in [0.15, 0.2) is 0 Å². The summed E-state index contributed by atoms with van der Waals surface area (Å²) < 4.78 is 197. The molecule has 38 heavy (non-hydrogen) atoms. The van der Waals surface area contributed by atoms with Gasteiger partial charge in [0, 0.05) is 5.92 Å². The van der Waals surface area contributed by atoms with E-state index < -0.39 is 90.3 Å². The number of carbonyl (C=O) groups is 1. The van der Waals surface area contributed by atoms with E-state index in [4.69, 9.17) is 0 Å². The predicted octanol–water partition coefficient (Wildman–Crippen LogP) is 7.09. The van der Waals surface area contributed by atoms with Gasteiger partial charge in [-0.2, -0.15) is 57.1 Å². The van der Waals surface area contributed by atoms with Crippen molar-refractivity contribution in [3.63, 3.8) is 0 Å². The van der Waals surface area contributed by atoms with Crippen molar-refractivity contribution in [1.29, 1.82) is 0 Å². The summed E-state index contributed by atoms with van der Waals surface area (Å²) in [6.45, 7) is 0.778. The summed E-state index contributed by atoms with van der Waals surface area (Å²) in [6.07, 6.45) is -25.2. The lowest BCUT2D eigenvalue weighted by atomic mass is 9.62. The van der Waals surface area contributed by atoms with Crippen LogP contribution in [0.4, 0.5) is 57.1 Å². The number of esters is 1. The lowest BCUT2D eigenvalue weighted by Gasteiger charge is -2.62. The normalized spacial score (nSPS) is 34.4. The predicted molar refractivity (Wildman–Crippen MR) is 101 cm³/mol. The van der Waals surface area contributed by atoms with Crippen molar-refractivity contribution < 1.29 is 76.5 Å². The first-order valence-electron chi connectivity index (χ1n) is 11.4. The average Bonchev–Trinajstić information content (AvgIpc) is 2.76. The van der Waals surface area contributed by atoms with Gasteiger partial charge in [-0.1, -0.05) is 33.1 Å². The highest BCUT2D eigenvalue weighted by Gasteiger charge is 2.97. The minimum Gasteiger partial charge on any atom is -0.445 e.